The van der Waals surface area contributed by atoms with Gasteiger partial charge in [-0.1, -0.05) is 13.8 Å². The maximum absolute atomic E-state index is 11.7. The number of carboxylic acids is 1. The fraction of sp³-hybridized carbons (Fsp3) is 0.800. The molecular formula is C10H18N2O4. The van der Waals surface area contributed by atoms with Crippen molar-refractivity contribution in [3.8, 4) is 0 Å². The number of hydrogen-bond acceptors (Lipinski definition) is 4. The molecule has 92 valence electrons. The fourth-order valence-corrected chi connectivity index (χ4v) is 1.72. The lowest BCUT2D eigenvalue weighted by atomic mass is 10.2. The fourth-order valence-electron chi connectivity index (χ4n) is 1.72. The lowest BCUT2D eigenvalue weighted by molar-refractivity contribution is -0.147. The Labute approximate surface area is 94.2 Å². The van der Waals surface area contributed by atoms with Crippen LogP contribution in [0.3, 0.4) is 0 Å². The second kappa shape index (κ2) is 5.27. The number of amides is 1. The van der Waals surface area contributed by atoms with Gasteiger partial charge in [0.1, 0.15) is 6.04 Å². The molecule has 16 heavy (non-hydrogen) atoms. The molecule has 6 heteroatoms. The van der Waals surface area contributed by atoms with Crippen LogP contribution in [-0.4, -0.2) is 58.3 Å². The van der Waals surface area contributed by atoms with Gasteiger partial charge in [0, 0.05) is 19.0 Å². The minimum absolute atomic E-state index is 0.105. The van der Waals surface area contributed by atoms with E-state index in [9.17, 15) is 14.7 Å². The third kappa shape index (κ3) is 3.18. The molecule has 1 saturated heterocycles. The zero-order valence-electron chi connectivity index (χ0n) is 9.51. The first-order chi connectivity index (χ1) is 7.41. The number of aliphatic hydroxyl groups excluding tert-OH is 1. The Morgan fingerprint density at radius 1 is 1.50 bits per heavy atom. The van der Waals surface area contributed by atoms with Gasteiger partial charge in [-0.15, -0.1) is 0 Å². The lowest BCUT2D eigenvalue weighted by Crippen LogP contribution is -2.45. The van der Waals surface area contributed by atoms with Crippen LogP contribution >= 0.6 is 0 Å². The van der Waals surface area contributed by atoms with Crippen molar-refractivity contribution in [2.45, 2.75) is 38.5 Å². The first kappa shape index (κ1) is 12.9. The van der Waals surface area contributed by atoms with Crippen molar-refractivity contribution in [2.24, 2.45) is 0 Å². The number of carbonyl (C=O) groups excluding carboxylic acids is 1. The molecule has 1 aliphatic heterocycles. The Kier molecular flexibility index (Phi) is 4.26. The number of aliphatic carboxylic acids is 1. The highest BCUT2D eigenvalue weighted by atomic mass is 16.4. The Balaban J connectivity index is 2.56. The zero-order valence-corrected chi connectivity index (χ0v) is 9.51. The van der Waals surface area contributed by atoms with Crippen LogP contribution in [0.4, 0.5) is 0 Å². The van der Waals surface area contributed by atoms with E-state index in [0.29, 0.717) is 0 Å². The number of nitrogens with zero attached hydrogens (tertiary/aromatic N) is 1. The average molecular weight is 230 g/mol. The van der Waals surface area contributed by atoms with Crippen molar-refractivity contribution in [2.75, 3.05) is 13.1 Å². The molecule has 3 N–H and O–H groups in total. The normalized spacial score (nSPS) is 25.1. The Hall–Kier alpha value is -1.14. The van der Waals surface area contributed by atoms with Gasteiger partial charge in [0.15, 0.2) is 0 Å². The first-order valence-electron chi connectivity index (χ1n) is 5.35. The molecule has 0 spiro atoms. The molecule has 1 fully saturated rings. The smallest absolute Gasteiger partial charge is 0.326 e. The maximum atomic E-state index is 11.7. The molecular weight excluding hydrogens is 212 g/mol. The summed E-state index contributed by atoms with van der Waals surface area (Å²) in [5.74, 6) is -1.34. The van der Waals surface area contributed by atoms with Gasteiger partial charge >= 0.3 is 5.97 Å². The summed E-state index contributed by atoms with van der Waals surface area (Å²) in [6, 6.07) is -0.726. The molecule has 2 atom stereocenters. The molecule has 1 rings (SSSR count). The van der Waals surface area contributed by atoms with Gasteiger partial charge in [-0.2, -0.15) is 0 Å². The number of rotatable bonds is 4. The number of likely N-dealkylation sites (tertiary alicyclic amines) is 1. The quantitative estimate of drug-likeness (QED) is 0.578. The summed E-state index contributed by atoms with van der Waals surface area (Å²) in [4.78, 5) is 23.8. The summed E-state index contributed by atoms with van der Waals surface area (Å²) >= 11 is 0. The SMILES string of the molecule is CC(C)NCC(=O)N1C[C@H](O)C[C@@H]1C(=O)O. The van der Waals surface area contributed by atoms with Gasteiger partial charge in [0.2, 0.25) is 5.91 Å². The number of nitrogens with one attached hydrogen (secondary N) is 1. The number of carbonyl (C=O) groups is 2. The number of β-amino-alcohol motifs (C(OH)–C–C–N with tert-alkyl or cyclic N) is 1. The molecule has 0 radical (unpaired) electrons. The zero-order chi connectivity index (χ0) is 12.3. The summed E-state index contributed by atoms with van der Waals surface area (Å²) in [6.45, 7) is 4.02. The molecule has 0 unspecified atom stereocenters. The molecule has 0 aromatic heterocycles. The molecule has 6 nitrogen and oxygen atoms in total. The van der Waals surface area contributed by atoms with Crippen LogP contribution in [0.15, 0.2) is 0 Å². The van der Waals surface area contributed by atoms with Crippen LogP contribution in [-0.2, 0) is 9.59 Å². The summed E-state index contributed by atoms with van der Waals surface area (Å²) in [6.07, 6.45) is -0.618. The van der Waals surface area contributed by atoms with Crippen LogP contribution in [0, 0.1) is 0 Å². The summed E-state index contributed by atoms with van der Waals surface area (Å²) in [7, 11) is 0. The predicted octanol–water partition coefficient (Wildman–Crippen LogP) is -0.969. The van der Waals surface area contributed by atoms with E-state index in [1.54, 1.807) is 0 Å². The van der Waals surface area contributed by atoms with Crippen molar-refractivity contribution in [1.29, 1.82) is 0 Å². The molecule has 1 aliphatic rings. The highest BCUT2D eigenvalue weighted by Gasteiger charge is 2.38. The van der Waals surface area contributed by atoms with Gasteiger partial charge in [-0.25, -0.2) is 4.79 Å². The van der Waals surface area contributed by atoms with E-state index in [0.717, 1.165) is 0 Å². The van der Waals surface area contributed by atoms with E-state index in [2.05, 4.69) is 5.32 Å². The minimum Gasteiger partial charge on any atom is -0.480 e. The molecule has 0 aromatic carbocycles. The predicted molar refractivity (Wildman–Crippen MR) is 56.9 cm³/mol. The number of hydrogen-bond donors (Lipinski definition) is 3. The number of aliphatic hydroxyl groups is 1. The van der Waals surface area contributed by atoms with Gasteiger partial charge in [-0.3, -0.25) is 4.79 Å². The first-order valence-corrected chi connectivity index (χ1v) is 5.35. The van der Waals surface area contributed by atoms with Crippen LogP contribution in [0.1, 0.15) is 20.3 Å². The third-order valence-corrected chi connectivity index (χ3v) is 2.55. The molecule has 0 saturated carbocycles. The lowest BCUT2D eigenvalue weighted by Gasteiger charge is -2.21. The minimum atomic E-state index is -1.06. The Bertz CT molecular complexity index is 280. The Morgan fingerprint density at radius 3 is 2.62 bits per heavy atom. The largest absolute Gasteiger partial charge is 0.480 e. The topological polar surface area (TPSA) is 89.9 Å². The second-order valence-corrected chi connectivity index (χ2v) is 4.33. The molecule has 0 aliphatic carbocycles. The van der Waals surface area contributed by atoms with E-state index in [1.165, 1.54) is 4.90 Å². The van der Waals surface area contributed by atoms with Crippen molar-refractivity contribution in [1.82, 2.24) is 10.2 Å². The van der Waals surface area contributed by atoms with Crippen LogP contribution in [0.2, 0.25) is 0 Å². The van der Waals surface area contributed by atoms with Crippen molar-refractivity contribution in [3.05, 3.63) is 0 Å². The van der Waals surface area contributed by atoms with Crippen molar-refractivity contribution in [3.63, 3.8) is 0 Å². The summed E-state index contributed by atoms with van der Waals surface area (Å²) < 4.78 is 0. The average Bonchev–Trinajstić information content (AvgIpc) is 2.56. The molecule has 1 amide bonds. The van der Waals surface area contributed by atoms with Crippen LogP contribution < -0.4 is 5.32 Å². The van der Waals surface area contributed by atoms with Gasteiger partial charge in [-0.05, 0) is 0 Å². The van der Waals surface area contributed by atoms with Gasteiger partial charge in [0.25, 0.3) is 0 Å². The molecule has 0 aromatic rings. The van der Waals surface area contributed by atoms with Crippen LogP contribution in [0.5, 0.6) is 0 Å². The standard InChI is InChI=1S/C10H18N2O4/c1-6(2)11-4-9(14)12-5-7(13)3-8(12)10(15)16/h6-8,11,13H,3-5H2,1-2H3,(H,15,16)/t7-,8-/m1/s1. The third-order valence-electron chi connectivity index (χ3n) is 2.55. The van der Waals surface area contributed by atoms with Crippen molar-refractivity contribution >= 4 is 11.9 Å². The molecule has 1 heterocycles. The van der Waals surface area contributed by atoms with Crippen molar-refractivity contribution < 1.29 is 19.8 Å². The van der Waals surface area contributed by atoms with E-state index >= 15 is 0 Å². The van der Waals surface area contributed by atoms with Gasteiger partial charge in [0.05, 0.1) is 12.6 Å². The highest BCUT2D eigenvalue weighted by molar-refractivity contribution is 5.85. The highest BCUT2D eigenvalue weighted by Crippen LogP contribution is 2.17. The second-order valence-electron chi connectivity index (χ2n) is 4.33. The summed E-state index contributed by atoms with van der Waals surface area (Å²) in [5, 5.41) is 21.2. The van der Waals surface area contributed by atoms with E-state index in [4.69, 9.17) is 5.11 Å². The van der Waals surface area contributed by atoms with Crippen LogP contribution in [0.25, 0.3) is 0 Å². The van der Waals surface area contributed by atoms with E-state index in [1.807, 2.05) is 13.8 Å². The monoisotopic (exact) mass is 230 g/mol. The van der Waals surface area contributed by atoms with Gasteiger partial charge < -0.3 is 20.4 Å². The maximum Gasteiger partial charge on any atom is 0.326 e. The summed E-state index contributed by atoms with van der Waals surface area (Å²) in [5.41, 5.74) is 0. The van der Waals surface area contributed by atoms with E-state index < -0.39 is 18.1 Å². The van der Waals surface area contributed by atoms with E-state index in [-0.39, 0.29) is 31.5 Å². The Morgan fingerprint density at radius 2 is 2.12 bits per heavy atom. The molecule has 0 bridgehead atoms. The number of carboxylic acid groups (broad SMARTS) is 1.